The van der Waals surface area contributed by atoms with Crippen LogP contribution in [0, 0.1) is 13.8 Å². The van der Waals surface area contributed by atoms with Gasteiger partial charge >= 0.3 is 0 Å². The highest BCUT2D eigenvalue weighted by Crippen LogP contribution is 2.40. The minimum atomic E-state index is -0.716. The van der Waals surface area contributed by atoms with Crippen molar-refractivity contribution in [2.75, 3.05) is 27.2 Å². The van der Waals surface area contributed by atoms with Crippen LogP contribution >= 0.6 is 0 Å². The van der Waals surface area contributed by atoms with Crippen LogP contribution in [-0.2, 0) is 9.59 Å². The fraction of sp³-hybridized carbons (Fsp3) is 0.364. The lowest BCUT2D eigenvalue weighted by molar-refractivity contribution is -0.858. The van der Waals surface area contributed by atoms with Crippen molar-refractivity contribution in [3.8, 4) is 0 Å². The summed E-state index contributed by atoms with van der Waals surface area (Å²) >= 11 is 0. The van der Waals surface area contributed by atoms with Crippen LogP contribution in [0.2, 0.25) is 0 Å². The highest BCUT2D eigenvalue weighted by Gasteiger charge is 2.47. The Morgan fingerprint density at radius 3 is 2.61 bits per heavy atom. The predicted molar refractivity (Wildman–Crippen MR) is 106 cm³/mol. The number of quaternary nitrogens is 1. The Morgan fingerprint density at radius 2 is 1.96 bits per heavy atom. The van der Waals surface area contributed by atoms with E-state index in [-0.39, 0.29) is 11.3 Å². The second kappa shape index (κ2) is 8.02. The molecule has 6 heteroatoms. The standard InChI is InChI=1S/C22H26N2O4/c1-14-8-9-15(2)16(13-14)20(25)18-19(17-7-5-12-28-17)24(22(27)21(18)26)11-6-10-23(3)4/h5,7-9,12-13,19,25H,6,10-11H2,1-4H3/p+1/t19-/m1/s1. The lowest BCUT2D eigenvalue weighted by atomic mass is 9.96. The monoisotopic (exact) mass is 383 g/mol. The Hall–Kier alpha value is -2.86. The average molecular weight is 383 g/mol. The Morgan fingerprint density at radius 1 is 1.21 bits per heavy atom. The van der Waals surface area contributed by atoms with Crippen LogP contribution in [0.1, 0.15) is 34.9 Å². The summed E-state index contributed by atoms with van der Waals surface area (Å²) in [6, 6.07) is 8.40. The molecule has 0 aliphatic carbocycles. The zero-order chi connectivity index (χ0) is 20.4. The van der Waals surface area contributed by atoms with E-state index in [1.54, 1.807) is 12.1 Å². The van der Waals surface area contributed by atoms with Crippen molar-refractivity contribution < 1.29 is 24.0 Å². The van der Waals surface area contributed by atoms with Crippen LogP contribution in [0.3, 0.4) is 0 Å². The van der Waals surface area contributed by atoms with Gasteiger partial charge in [-0.2, -0.15) is 0 Å². The maximum Gasteiger partial charge on any atom is 0.295 e. The SMILES string of the molecule is Cc1ccc(C)c(C(O)=C2C(=O)C(=O)N(CCC[NH+](C)C)[C@@H]2c2ccco2)c1. The molecule has 1 aromatic carbocycles. The number of nitrogens with zero attached hydrogens (tertiary/aromatic N) is 1. The van der Waals surface area contributed by atoms with Gasteiger partial charge in [-0.15, -0.1) is 0 Å². The summed E-state index contributed by atoms with van der Waals surface area (Å²) in [5.74, 6) is -0.941. The quantitative estimate of drug-likeness (QED) is 0.454. The number of hydrogen-bond donors (Lipinski definition) is 2. The predicted octanol–water partition coefficient (Wildman–Crippen LogP) is 1.85. The molecular formula is C22H27N2O4+. The first-order chi connectivity index (χ1) is 13.3. The molecule has 2 heterocycles. The molecule has 2 aromatic rings. The molecule has 0 bridgehead atoms. The van der Waals surface area contributed by atoms with Crippen LogP contribution in [0.15, 0.2) is 46.6 Å². The fourth-order valence-electron chi connectivity index (χ4n) is 3.59. The van der Waals surface area contributed by atoms with Crippen molar-refractivity contribution in [3.63, 3.8) is 0 Å². The summed E-state index contributed by atoms with van der Waals surface area (Å²) in [7, 11) is 4.08. The number of nitrogens with one attached hydrogen (secondary N) is 1. The number of aryl methyl sites for hydroxylation is 2. The number of aliphatic hydroxyl groups is 1. The number of ketones is 1. The van der Waals surface area contributed by atoms with Crippen molar-refractivity contribution in [1.82, 2.24) is 4.90 Å². The fourth-order valence-corrected chi connectivity index (χ4v) is 3.59. The number of carbonyl (C=O) groups excluding carboxylic acids is 2. The molecule has 0 saturated carbocycles. The Kier molecular flexibility index (Phi) is 5.70. The number of carbonyl (C=O) groups is 2. The molecule has 0 unspecified atom stereocenters. The molecular weight excluding hydrogens is 356 g/mol. The van der Waals surface area contributed by atoms with Gasteiger partial charge in [0, 0.05) is 18.5 Å². The largest absolute Gasteiger partial charge is 0.507 e. The van der Waals surface area contributed by atoms with E-state index >= 15 is 0 Å². The van der Waals surface area contributed by atoms with Gasteiger partial charge in [0.2, 0.25) is 0 Å². The van der Waals surface area contributed by atoms with Crippen LogP contribution in [0.4, 0.5) is 0 Å². The first-order valence-corrected chi connectivity index (χ1v) is 9.49. The Bertz CT molecular complexity index is 913. The van der Waals surface area contributed by atoms with E-state index in [4.69, 9.17) is 4.42 Å². The second-order valence-electron chi connectivity index (χ2n) is 7.64. The highest BCUT2D eigenvalue weighted by molar-refractivity contribution is 6.46. The molecule has 28 heavy (non-hydrogen) atoms. The molecule has 0 radical (unpaired) electrons. The zero-order valence-electron chi connectivity index (χ0n) is 16.8. The van der Waals surface area contributed by atoms with Gasteiger partial charge in [-0.25, -0.2) is 0 Å². The van der Waals surface area contributed by atoms with Crippen molar-refractivity contribution in [2.24, 2.45) is 0 Å². The summed E-state index contributed by atoms with van der Waals surface area (Å²) in [6.45, 7) is 5.07. The molecule has 3 rings (SSSR count). The number of Topliss-reactive ketones (excluding diaryl/α,β-unsaturated/α-hetero) is 1. The molecule has 1 amide bonds. The molecule has 0 spiro atoms. The number of hydrogen-bond acceptors (Lipinski definition) is 4. The second-order valence-corrected chi connectivity index (χ2v) is 7.64. The van der Waals surface area contributed by atoms with E-state index < -0.39 is 17.7 Å². The normalized spacial score (nSPS) is 19.0. The van der Waals surface area contributed by atoms with Crippen molar-refractivity contribution in [3.05, 3.63) is 64.6 Å². The minimum absolute atomic E-state index is 0.0888. The molecule has 2 N–H and O–H groups in total. The zero-order valence-corrected chi connectivity index (χ0v) is 16.8. The van der Waals surface area contributed by atoms with E-state index in [1.807, 2.05) is 46.1 Å². The van der Waals surface area contributed by atoms with E-state index in [0.717, 1.165) is 24.1 Å². The number of aliphatic hydroxyl groups excluding tert-OH is 1. The van der Waals surface area contributed by atoms with Gasteiger partial charge in [0.1, 0.15) is 17.6 Å². The molecule has 1 aliphatic rings. The van der Waals surface area contributed by atoms with Gasteiger partial charge in [0.05, 0.1) is 32.5 Å². The molecule has 148 valence electrons. The van der Waals surface area contributed by atoms with Gasteiger partial charge < -0.3 is 19.3 Å². The Balaban J connectivity index is 2.09. The number of amides is 1. The van der Waals surface area contributed by atoms with Gasteiger partial charge in [-0.05, 0) is 37.6 Å². The topological polar surface area (TPSA) is 75.2 Å². The van der Waals surface area contributed by atoms with Crippen LogP contribution in [0.5, 0.6) is 0 Å². The lowest BCUT2D eigenvalue weighted by Crippen LogP contribution is -3.05. The lowest BCUT2D eigenvalue weighted by Gasteiger charge is -2.23. The third kappa shape index (κ3) is 3.73. The van der Waals surface area contributed by atoms with E-state index in [0.29, 0.717) is 17.9 Å². The number of benzene rings is 1. The van der Waals surface area contributed by atoms with Crippen molar-refractivity contribution >= 4 is 17.4 Å². The van der Waals surface area contributed by atoms with E-state index in [2.05, 4.69) is 0 Å². The van der Waals surface area contributed by atoms with E-state index in [9.17, 15) is 14.7 Å². The maximum atomic E-state index is 12.9. The molecule has 1 aromatic heterocycles. The van der Waals surface area contributed by atoms with Crippen molar-refractivity contribution in [2.45, 2.75) is 26.3 Å². The van der Waals surface area contributed by atoms with E-state index in [1.165, 1.54) is 16.1 Å². The number of likely N-dealkylation sites (tertiary alicyclic amines) is 1. The average Bonchev–Trinajstić information content (AvgIpc) is 3.25. The highest BCUT2D eigenvalue weighted by atomic mass is 16.3. The first-order valence-electron chi connectivity index (χ1n) is 9.49. The van der Waals surface area contributed by atoms with Crippen LogP contribution in [0.25, 0.3) is 5.76 Å². The summed E-state index contributed by atoms with van der Waals surface area (Å²) in [6.07, 6.45) is 2.26. The maximum absolute atomic E-state index is 12.9. The molecule has 1 atom stereocenters. The summed E-state index contributed by atoms with van der Waals surface area (Å²) in [4.78, 5) is 28.4. The molecule has 1 aliphatic heterocycles. The third-order valence-corrected chi connectivity index (χ3v) is 5.08. The minimum Gasteiger partial charge on any atom is -0.507 e. The van der Waals surface area contributed by atoms with Crippen molar-refractivity contribution in [1.29, 1.82) is 0 Å². The molecule has 1 fully saturated rings. The summed E-state index contributed by atoms with van der Waals surface area (Å²) in [5, 5.41) is 11.0. The first kappa shape index (κ1) is 19.9. The Labute approximate surface area is 165 Å². The van der Waals surface area contributed by atoms with Gasteiger partial charge in [0.15, 0.2) is 0 Å². The van der Waals surface area contributed by atoms with Gasteiger partial charge in [-0.1, -0.05) is 17.7 Å². The summed E-state index contributed by atoms with van der Waals surface area (Å²) in [5.41, 5.74) is 2.45. The van der Waals surface area contributed by atoms with Gasteiger partial charge in [-0.3, -0.25) is 9.59 Å². The van der Waals surface area contributed by atoms with Crippen LogP contribution < -0.4 is 4.90 Å². The molecule has 6 nitrogen and oxygen atoms in total. The molecule has 1 saturated heterocycles. The van der Waals surface area contributed by atoms with Crippen LogP contribution in [-0.4, -0.2) is 48.9 Å². The van der Waals surface area contributed by atoms with Gasteiger partial charge in [0.25, 0.3) is 11.7 Å². The third-order valence-electron chi connectivity index (χ3n) is 5.08. The number of furan rings is 1. The summed E-state index contributed by atoms with van der Waals surface area (Å²) < 4.78 is 5.55. The number of rotatable bonds is 6. The smallest absolute Gasteiger partial charge is 0.295 e.